The third-order valence-corrected chi connectivity index (χ3v) is 7.98. The summed E-state index contributed by atoms with van der Waals surface area (Å²) in [5.74, 6) is -9.64. The molecule has 0 fully saturated rings. The molecule has 4 rings (SSSR count). The summed E-state index contributed by atoms with van der Waals surface area (Å²) in [6.07, 6.45) is 0. The highest BCUT2D eigenvalue weighted by Crippen LogP contribution is 2.41. The van der Waals surface area contributed by atoms with Gasteiger partial charge in [-0.25, -0.2) is 35.1 Å². The van der Waals surface area contributed by atoms with Crippen LogP contribution in [0.2, 0.25) is 0 Å². The number of hydrogen-bond acceptors (Lipinski definition) is 1. The molecule has 0 bridgehead atoms. The minimum Gasteiger partial charge on any atom is -0.204 e. The maximum absolute atomic E-state index is 14.3. The van der Waals surface area contributed by atoms with E-state index in [1.54, 1.807) is 0 Å². The molecule has 0 spiro atoms. The summed E-state index contributed by atoms with van der Waals surface area (Å²) in [6.45, 7) is 0. The molecule has 4 aromatic carbocycles. The number of benzene rings is 4. The summed E-state index contributed by atoms with van der Waals surface area (Å²) in [7, 11) is -1.57. The number of halogens is 8. The van der Waals surface area contributed by atoms with Crippen LogP contribution in [0.5, 0.6) is 0 Å². The summed E-state index contributed by atoms with van der Waals surface area (Å²) in [5, 5.41) is 0. The molecular weight excluding hydrogens is 504 g/mol. The summed E-state index contributed by atoms with van der Waals surface area (Å²) in [6, 6.07) is 10.1. The molecule has 0 amide bonds. The van der Waals surface area contributed by atoms with Gasteiger partial charge in [-0.2, -0.15) is 0 Å². The molecule has 0 aliphatic carbocycles. The van der Waals surface area contributed by atoms with E-state index in [4.69, 9.17) is 0 Å². The van der Waals surface area contributed by atoms with Crippen molar-refractivity contribution in [3.05, 3.63) is 113 Å². The van der Waals surface area contributed by atoms with Crippen LogP contribution in [-0.2, 0) is 10.9 Å². The second-order valence-electron chi connectivity index (χ2n) is 6.85. The van der Waals surface area contributed by atoms with Crippen LogP contribution in [0.3, 0.4) is 0 Å². The van der Waals surface area contributed by atoms with Crippen LogP contribution in [0.1, 0.15) is 0 Å². The molecular formula is C24H11F8S2+. The van der Waals surface area contributed by atoms with E-state index in [-0.39, 0.29) is 24.5 Å². The molecule has 0 saturated carbocycles. The van der Waals surface area contributed by atoms with Crippen LogP contribution >= 0.6 is 11.8 Å². The van der Waals surface area contributed by atoms with E-state index in [2.05, 4.69) is 0 Å². The molecule has 0 radical (unpaired) electrons. The second-order valence-corrected chi connectivity index (χ2v) is 9.96. The van der Waals surface area contributed by atoms with Crippen molar-refractivity contribution in [1.82, 2.24) is 0 Å². The van der Waals surface area contributed by atoms with Gasteiger partial charge in [-0.15, -0.1) is 0 Å². The monoisotopic (exact) mass is 515 g/mol. The Morgan fingerprint density at radius 2 is 0.882 bits per heavy atom. The molecule has 0 atom stereocenters. The van der Waals surface area contributed by atoms with Crippen LogP contribution in [0.15, 0.2) is 91.2 Å². The van der Waals surface area contributed by atoms with Gasteiger partial charge in [0, 0.05) is 23.1 Å². The van der Waals surface area contributed by atoms with Crippen LogP contribution < -0.4 is 0 Å². The van der Waals surface area contributed by atoms with Crippen molar-refractivity contribution in [3.8, 4) is 0 Å². The van der Waals surface area contributed by atoms with Crippen LogP contribution in [0.4, 0.5) is 35.1 Å². The lowest BCUT2D eigenvalue weighted by Gasteiger charge is -2.13. The maximum atomic E-state index is 14.3. The van der Waals surface area contributed by atoms with Crippen LogP contribution in [0, 0.1) is 46.5 Å². The van der Waals surface area contributed by atoms with E-state index in [1.165, 1.54) is 18.2 Å². The summed E-state index contributed by atoms with van der Waals surface area (Å²) in [5.41, 5.74) is 0. The van der Waals surface area contributed by atoms with Crippen LogP contribution in [-0.4, -0.2) is 0 Å². The van der Waals surface area contributed by atoms with Crippen molar-refractivity contribution in [2.24, 2.45) is 0 Å². The van der Waals surface area contributed by atoms with Gasteiger partial charge in [0.05, 0.1) is 4.90 Å². The van der Waals surface area contributed by atoms with Crippen molar-refractivity contribution in [2.75, 3.05) is 0 Å². The van der Waals surface area contributed by atoms with Crippen molar-refractivity contribution in [2.45, 2.75) is 24.5 Å². The molecule has 4 aromatic rings. The minimum absolute atomic E-state index is 0.00523. The SMILES string of the molecule is Fc1ccc(Sc2cc(F)c(F)cc2[S+](c2ccc(F)c(F)c2)c2ccc(F)c(F)c2)cc1F. The third-order valence-electron chi connectivity index (χ3n) is 4.58. The normalized spacial score (nSPS) is 11.3. The first-order chi connectivity index (χ1) is 16.1. The number of rotatable bonds is 5. The van der Waals surface area contributed by atoms with Gasteiger partial charge in [0.15, 0.2) is 61.2 Å². The molecule has 0 nitrogen and oxygen atoms in total. The average molecular weight is 515 g/mol. The number of hydrogen-bond donors (Lipinski definition) is 0. The standard InChI is InChI=1S/C24H11F8S2/c25-15-4-1-12(7-18(15)28)33-23-10-21(31)22(32)11-24(23)34(13-2-5-16(26)19(29)8-13)14-3-6-17(27)20(30)9-14/h1-11H/q+1. The average Bonchev–Trinajstić information content (AvgIpc) is 2.79. The Bertz CT molecular complexity index is 1340. The molecule has 0 aliphatic rings. The van der Waals surface area contributed by atoms with Crippen LogP contribution in [0.25, 0.3) is 0 Å². The topological polar surface area (TPSA) is 0 Å². The first-order valence-corrected chi connectivity index (χ1v) is 11.4. The Balaban J connectivity index is 1.94. The minimum atomic E-state index is -1.57. The van der Waals surface area contributed by atoms with Gasteiger partial charge in [-0.3, -0.25) is 0 Å². The molecule has 10 heteroatoms. The van der Waals surface area contributed by atoms with Gasteiger partial charge in [-0.1, -0.05) is 11.8 Å². The fourth-order valence-electron chi connectivity index (χ4n) is 3.01. The van der Waals surface area contributed by atoms with Crippen molar-refractivity contribution >= 4 is 22.7 Å². The van der Waals surface area contributed by atoms with Crippen molar-refractivity contribution in [3.63, 3.8) is 0 Å². The van der Waals surface area contributed by atoms with E-state index in [0.717, 1.165) is 60.3 Å². The van der Waals surface area contributed by atoms with Gasteiger partial charge in [0.1, 0.15) is 10.9 Å². The summed E-state index contributed by atoms with van der Waals surface area (Å²) >= 11 is 0.750. The smallest absolute Gasteiger partial charge is 0.183 e. The Morgan fingerprint density at radius 1 is 0.441 bits per heavy atom. The Kier molecular flexibility index (Phi) is 6.90. The molecule has 0 aliphatic heterocycles. The van der Waals surface area contributed by atoms with Gasteiger partial charge >= 0.3 is 0 Å². The molecule has 34 heavy (non-hydrogen) atoms. The Morgan fingerprint density at radius 3 is 1.38 bits per heavy atom. The van der Waals surface area contributed by atoms with Gasteiger partial charge in [0.2, 0.25) is 0 Å². The Labute approximate surface area is 195 Å². The highest BCUT2D eigenvalue weighted by molar-refractivity contribution is 8.01. The quantitative estimate of drug-likeness (QED) is 0.191. The first-order valence-electron chi connectivity index (χ1n) is 9.40. The van der Waals surface area contributed by atoms with E-state index in [0.29, 0.717) is 0 Å². The van der Waals surface area contributed by atoms with E-state index >= 15 is 0 Å². The molecule has 0 unspecified atom stereocenters. The van der Waals surface area contributed by atoms with E-state index in [9.17, 15) is 35.1 Å². The lowest BCUT2D eigenvalue weighted by atomic mass is 10.3. The summed E-state index contributed by atoms with van der Waals surface area (Å²) < 4.78 is 111. The summed E-state index contributed by atoms with van der Waals surface area (Å²) in [4.78, 5) is 0.268. The van der Waals surface area contributed by atoms with E-state index in [1.807, 2.05) is 0 Å². The fourth-order valence-corrected chi connectivity index (χ4v) is 6.38. The predicted molar refractivity (Wildman–Crippen MR) is 112 cm³/mol. The lowest BCUT2D eigenvalue weighted by molar-refractivity contribution is 0.501. The molecule has 0 saturated heterocycles. The zero-order chi connectivity index (χ0) is 24.6. The first kappa shape index (κ1) is 24.2. The van der Waals surface area contributed by atoms with E-state index < -0.39 is 57.4 Å². The van der Waals surface area contributed by atoms with Gasteiger partial charge < -0.3 is 0 Å². The zero-order valence-electron chi connectivity index (χ0n) is 16.7. The highest BCUT2D eigenvalue weighted by atomic mass is 32.2. The largest absolute Gasteiger partial charge is 0.204 e. The van der Waals surface area contributed by atoms with Gasteiger partial charge in [-0.05, 0) is 48.5 Å². The molecule has 174 valence electrons. The van der Waals surface area contributed by atoms with Gasteiger partial charge in [0.25, 0.3) is 0 Å². The molecule has 0 N–H and O–H groups in total. The molecule has 0 heterocycles. The van der Waals surface area contributed by atoms with Crippen molar-refractivity contribution < 1.29 is 35.1 Å². The predicted octanol–water partition coefficient (Wildman–Crippen LogP) is 8.05. The third kappa shape index (κ3) is 4.92. The highest BCUT2D eigenvalue weighted by Gasteiger charge is 2.35. The lowest BCUT2D eigenvalue weighted by Crippen LogP contribution is -2.09. The van der Waals surface area contributed by atoms with Crippen molar-refractivity contribution in [1.29, 1.82) is 0 Å². The maximum Gasteiger partial charge on any atom is 0.183 e. The zero-order valence-corrected chi connectivity index (χ0v) is 18.3. The molecule has 0 aromatic heterocycles. The Hall–Kier alpha value is -2.98. The second kappa shape index (κ2) is 9.71. The fraction of sp³-hybridized carbons (Fsp3) is 0.